The fraction of sp³-hybridized carbons (Fsp3) is 0.400. The summed E-state index contributed by atoms with van der Waals surface area (Å²) in [6.45, 7) is 0.582. The molecule has 3 rings (SSSR count). The molecule has 2 heterocycles. The van der Waals surface area contributed by atoms with E-state index in [2.05, 4.69) is 10.3 Å². The molecule has 4 nitrogen and oxygen atoms in total. The summed E-state index contributed by atoms with van der Waals surface area (Å²) in [6.07, 6.45) is 3.80. The quantitative estimate of drug-likeness (QED) is 0.794. The second-order valence-corrected chi connectivity index (χ2v) is 4.32. The van der Waals surface area contributed by atoms with Gasteiger partial charge in [-0.3, -0.25) is 5.32 Å². The summed E-state index contributed by atoms with van der Waals surface area (Å²) < 4.78 is 0. The Balaban J connectivity index is 1.99. The minimum absolute atomic E-state index is 0.0558. The molecule has 0 unspecified atom stereocenters. The van der Waals surface area contributed by atoms with Crippen molar-refractivity contribution in [1.29, 1.82) is 0 Å². The van der Waals surface area contributed by atoms with E-state index in [0.29, 0.717) is 23.4 Å². The second kappa shape index (κ2) is 3.10. The molecule has 15 heavy (non-hydrogen) atoms. The van der Waals surface area contributed by atoms with Gasteiger partial charge in [-0.1, -0.05) is 11.6 Å². The van der Waals surface area contributed by atoms with Crippen LogP contribution >= 0.6 is 11.6 Å². The van der Waals surface area contributed by atoms with Crippen LogP contribution in [0.3, 0.4) is 0 Å². The lowest BCUT2D eigenvalue weighted by molar-refractivity contribution is 0.203. The summed E-state index contributed by atoms with van der Waals surface area (Å²) in [7, 11) is 0. The molecule has 0 spiro atoms. The van der Waals surface area contributed by atoms with E-state index in [0.717, 1.165) is 18.4 Å². The maximum atomic E-state index is 11.7. The largest absolute Gasteiger partial charge is 0.323 e. The number of nitrogens with zero attached hydrogens (tertiary/aromatic N) is 2. The molecule has 1 aliphatic heterocycles. The third kappa shape index (κ3) is 1.45. The minimum Gasteiger partial charge on any atom is -0.317 e. The zero-order valence-electron chi connectivity index (χ0n) is 8.03. The van der Waals surface area contributed by atoms with Crippen LogP contribution in [0.15, 0.2) is 12.3 Å². The molecule has 0 atom stereocenters. The summed E-state index contributed by atoms with van der Waals surface area (Å²) in [5.74, 6) is 0.601. The predicted molar refractivity (Wildman–Crippen MR) is 56.8 cm³/mol. The Morgan fingerprint density at radius 2 is 2.33 bits per heavy atom. The van der Waals surface area contributed by atoms with Gasteiger partial charge >= 0.3 is 6.03 Å². The van der Waals surface area contributed by atoms with Crippen LogP contribution in [0.2, 0.25) is 5.02 Å². The van der Waals surface area contributed by atoms with Gasteiger partial charge < -0.3 is 4.90 Å². The molecule has 0 bridgehead atoms. The van der Waals surface area contributed by atoms with Gasteiger partial charge in [-0.25, -0.2) is 9.78 Å². The van der Waals surface area contributed by atoms with Crippen LogP contribution in [0.4, 0.5) is 10.6 Å². The number of fused-ring (bicyclic) bond motifs is 1. The van der Waals surface area contributed by atoms with Crippen LogP contribution in [0.1, 0.15) is 18.4 Å². The van der Waals surface area contributed by atoms with Crippen molar-refractivity contribution in [2.45, 2.75) is 25.4 Å². The van der Waals surface area contributed by atoms with Crippen molar-refractivity contribution in [2.75, 3.05) is 5.32 Å². The Morgan fingerprint density at radius 3 is 3.07 bits per heavy atom. The monoisotopic (exact) mass is 223 g/mol. The van der Waals surface area contributed by atoms with E-state index < -0.39 is 0 Å². The number of carbonyl (C=O) groups excluding carboxylic acids is 1. The average molecular weight is 224 g/mol. The van der Waals surface area contributed by atoms with Crippen LogP contribution in [-0.4, -0.2) is 22.0 Å². The molecule has 0 saturated heterocycles. The summed E-state index contributed by atoms with van der Waals surface area (Å²) >= 11 is 6.06. The SMILES string of the molecule is O=C1Nc2nccc(Cl)c2CN1C1CC1. The minimum atomic E-state index is -0.0558. The standard InChI is InChI=1S/C10H10ClN3O/c11-8-3-4-12-9-7(8)5-14(6-1-2-6)10(15)13-9/h3-4,6H,1-2,5H2,(H,12,13,15). The number of amides is 2. The van der Waals surface area contributed by atoms with Crippen molar-refractivity contribution in [1.82, 2.24) is 9.88 Å². The Labute approximate surface area is 92.2 Å². The van der Waals surface area contributed by atoms with Crippen molar-refractivity contribution < 1.29 is 4.79 Å². The molecule has 1 fully saturated rings. The number of hydrogen-bond donors (Lipinski definition) is 1. The van der Waals surface area contributed by atoms with Gasteiger partial charge in [-0.2, -0.15) is 0 Å². The molecule has 0 radical (unpaired) electrons. The number of pyridine rings is 1. The molecule has 1 N–H and O–H groups in total. The average Bonchev–Trinajstić information content (AvgIpc) is 3.01. The van der Waals surface area contributed by atoms with E-state index in [1.165, 1.54) is 0 Å². The van der Waals surface area contributed by atoms with E-state index in [1.54, 1.807) is 12.3 Å². The van der Waals surface area contributed by atoms with Gasteiger partial charge in [0.2, 0.25) is 0 Å². The number of urea groups is 1. The van der Waals surface area contributed by atoms with Crippen molar-refractivity contribution in [3.05, 3.63) is 22.8 Å². The Morgan fingerprint density at radius 1 is 1.53 bits per heavy atom. The Kier molecular flexibility index (Phi) is 1.85. The molecule has 78 valence electrons. The molecular formula is C10H10ClN3O. The smallest absolute Gasteiger partial charge is 0.317 e. The Bertz CT molecular complexity index is 431. The highest BCUT2D eigenvalue weighted by Crippen LogP contribution is 2.34. The van der Waals surface area contributed by atoms with Crippen LogP contribution in [-0.2, 0) is 6.54 Å². The van der Waals surface area contributed by atoms with Crippen LogP contribution in [0.5, 0.6) is 0 Å². The third-order valence-corrected chi connectivity index (χ3v) is 3.16. The summed E-state index contributed by atoms with van der Waals surface area (Å²) in [6, 6.07) is 2.09. The topological polar surface area (TPSA) is 45.2 Å². The molecular weight excluding hydrogens is 214 g/mol. The van der Waals surface area contributed by atoms with E-state index in [-0.39, 0.29) is 6.03 Å². The first kappa shape index (κ1) is 8.97. The normalized spacial score (nSPS) is 19.8. The van der Waals surface area contributed by atoms with Crippen molar-refractivity contribution in [2.24, 2.45) is 0 Å². The summed E-state index contributed by atoms with van der Waals surface area (Å²) in [5, 5.41) is 3.44. The zero-order valence-corrected chi connectivity index (χ0v) is 8.79. The molecule has 5 heteroatoms. The number of halogens is 1. The third-order valence-electron chi connectivity index (χ3n) is 2.80. The van der Waals surface area contributed by atoms with Gasteiger partial charge in [0.25, 0.3) is 0 Å². The first-order valence-electron chi connectivity index (χ1n) is 4.97. The highest BCUT2D eigenvalue weighted by molar-refractivity contribution is 6.31. The Hall–Kier alpha value is -1.29. The van der Waals surface area contributed by atoms with Gasteiger partial charge in [-0.15, -0.1) is 0 Å². The summed E-state index contributed by atoms with van der Waals surface area (Å²) in [5.41, 5.74) is 0.922. The molecule has 1 aromatic heterocycles. The lowest BCUT2D eigenvalue weighted by atomic mass is 10.2. The van der Waals surface area contributed by atoms with Crippen LogP contribution in [0.25, 0.3) is 0 Å². The van der Waals surface area contributed by atoms with Gasteiger partial charge in [0.15, 0.2) is 0 Å². The molecule has 2 amide bonds. The van der Waals surface area contributed by atoms with Crippen molar-refractivity contribution in [3.8, 4) is 0 Å². The number of anilines is 1. The van der Waals surface area contributed by atoms with Gasteiger partial charge in [-0.05, 0) is 18.9 Å². The highest BCUT2D eigenvalue weighted by Gasteiger charge is 2.36. The van der Waals surface area contributed by atoms with Crippen molar-refractivity contribution >= 4 is 23.4 Å². The van der Waals surface area contributed by atoms with E-state index in [4.69, 9.17) is 11.6 Å². The van der Waals surface area contributed by atoms with E-state index in [1.807, 2.05) is 4.90 Å². The predicted octanol–water partition coefficient (Wildman–Crippen LogP) is 2.24. The maximum Gasteiger partial charge on any atom is 0.323 e. The first-order valence-corrected chi connectivity index (χ1v) is 5.34. The fourth-order valence-corrected chi connectivity index (χ4v) is 2.03. The number of hydrogen-bond acceptors (Lipinski definition) is 2. The molecule has 1 aromatic rings. The number of carbonyl (C=O) groups is 1. The molecule has 1 saturated carbocycles. The fourth-order valence-electron chi connectivity index (χ4n) is 1.82. The molecule has 1 aliphatic carbocycles. The van der Waals surface area contributed by atoms with E-state index in [9.17, 15) is 4.79 Å². The van der Waals surface area contributed by atoms with E-state index >= 15 is 0 Å². The van der Waals surface area contributed by atoms with Gasteiger partial charge in [0.05, 0.1) is 11.6 Å². The molecule has 2 aliphatic rings. The van der Waals surface area contributed by atoms with Gasteiger partial charge in [0, 0.05) is 17.8 Å². The van der Waals surface area contributed by atoms with Gasteiger partial charge in [0.1, 0.15) is 5.82 Å². The maximum absolute atomic E-state index is 11.7. The summed E-state index contributed by atoms with van der Waals surface area (Å²) in [4.78, 5) is 17.6. The first-order chi connectivity index (χ1) is 7.25. The lowest BCUT2D eigenvalue weighted by Gasteiger charge is -2.29. The number of rotatable bonds is 1. The highest BCUT2D eigenvalue weighted by atomic mass is 35.5. The van der Waals surface area contributed by atoms with Crippen LogP contribution in [0, 0.1) is 0 Å². The lowest BCUT2D eigenvalue weighted by Crippen LogP contribution is -2.40. The zero-order chi connectivity index (χ0) is 10.4. The van der Waals surface area contributed by atoms with Crippen molar-refractivity contribution in [3.63, 3.8) is 0 Å². The number of nitrogens with one attached hydrogen (secondary N) is 1. The molecule has 0 aromatic carbocycles. The van der Waals surface area contributed by atoms with Crippen LogP contribution < -0.4 is 5.32 Å². The number of aromatic nitrogens is 1. The second-order valence-electron chi connectivity index (χ2n) is 3.91.